The molecule has 29 heavy (non-hydrogen) atoms. The van der Waals surface area contributed by atoms with Crippen LogP contribution in [-0.2, 0) is 11.3 Å². The summed E-state index contributed by atoms with van der Waals surface area (Å²) in [6.07, 6.45) is 6.02. The molecule has 3 aromatic rings. The van der Waals surface area contributed by atoms with Crippen molar-refractivity contribution in [3.8, 4) is 0 Å². The number of aromatic nitrogens is 5. The molecule has 9 heteroatoms. The molecule has 4 rings (SSSR count). The molecule has 0 bridgehead atoms. The van der Waals surface area contributed by atoms with Gasteiger partial charge < -0.3 is 10.1 Å². The summed E-state index contributed by atoms with van der Waals surface area (Å²) >= 11 is 0. The van der Waals surface area contributed by atoms with Gasteiger partial charge in [0.1, 0.15) is 6.10 Å². The predicted molar refractivity (Wildman–Crippen MR) is 107 cm³/mol. The number of amides is 2. The number of ether oxygens (including phenoxy) is 1. The summed E-state index contributed by atoms with van der Waals surface area (Å²) in [5.41, 5.74) is 2.08. The van der Waals surface area contributed by atoms with E-state index in [-0.39, 0.29) is 24.2 Å². The Kier molecular flexibility index (Phi) is 5.57. The maximum atomic E-state index is 12.5. The minimum absolute atomic E-state index is 0.126. The normalized spacial score (nSPS) is 18.9. The van der Waals surface area contributed by atoms with Crippen molar-refractivity contribution in [2.75, 3.05) is 11.9 Å². The summed E-state index contributed by atoms with van der Waals surface area (Å²) < 4.78 is 9.41. The molecule has 1 aliphatic heterocycles. The van der Waals surface area contributed by atoms with Crippen LogP contribution in [0.15, 0.2) is 48.9 Å². The van der Waals surface area contributed by atoms with Gasteiger partial charge in [-0.2, -0.15) is 5.10 Å². The predicted octanol–water partition coefficient (Wildman–Crippen LogP) is 2.76. The van der Waals surface area contributed by atoms with E-state index < -0.39 is 0 Å². The van der Waals surface area contributed by atoms with Crippen LogP contribution in [0.4, 0.5) is 10.6 Å². The lowest BCUT2D eigenvalue weighted by molar-refractivity contribution is 0.100. The SMILES string of the molecule is CC(C)n1cc([C@@H]2OCC[C@H]2NC(=O)Nc2cn(Cc3ccccc3)nn2)cn1. The minimum atomic E-state index is -0.325. The fourth-order valence-electron chi connectivity index (χ4n) is 3.37. The topological polar surface area (TPSA) is 98.9 Å². The molecule has 1 saturated heterocycles. The lowest BCUT2D eigenvalue weighted by Crippen LogP contribution is -2.39. The zero-order chi connectivity index (χ0) is 20.2. The zero-order valence-electron chi connectivity index (χ0n) is 16.5. The van der Waals surface area contributed by atoms with Crippen molar-refractivity contribution < 1.29 is 9.53 Å². The van der Waals surface area contributed by atoms with E-state index in [2.05, 4.69) is 39.9 Å². The van der Waals surface area contributed by atoms with E-state index in [4.69, 9.17) is 4.74 Å². The molecule has 0 radical (unpaired) electrons. The molecule has 9 nitrogen and oxygen atoms in total. The highest BCUT2D eigenvalue weighted by atomic mass is 16.5. The van der Waals surface area contributed by atoms with Gasteiger partial charge in [0.15, 0.2) is 5.82 Å². The molecule has 1 fully saturated rings. The van der Waals surface area contributed by atoms with Gasteiger partial charge in [-0.25, -0.2) is 9.48 Å². The summed E-state index contributed by atoms with van der Waals surface area (Å²) in [5.74, 6) is 0.404. The Morgan fingerprint density at radius 3 is 2.86 bits per heavy atom. The van der Waals surface area contributed by atoms with Crippen LogP contribution in [0.5, 0.6) is 0 Å². The van der Waals surface area contributed by atoms with Crippen molar-refractivity contribution in [1.29, 1.82) is 0 Å². The maximum absolute atomic E-state index is 12.5. The largest absolute Gasteiger partial charge is 0.371 e. The van der Waals surface area contributed by atoms with Crippen molar-refractivity contribution in [3.63, 3.8) is 0 Å². The third-order valence-electron chi connectivity index (χ3n) is 4.85. The van der Waals surface area contributed by atoms with Crippen LogP contribution < -0.4 is 10.6 Å². The molecule has 1 aliphatic rings. The number of anilines is 1. The summed E-state index contributed by atoms with van der Waals surface area (Å²) in [6.45, 7) is 5.33. The number of urea groups is 1. The molecular formula is C20H25N7O2. The van der Waals surface area contributed by atoms with Gasteiger partial charge in [0.25, 0.3) is 0 Å². The number of carbonyl (C=O) groups excluding carboxylic acids is 1. The van der Waals surface area contributed by atoms with E-state index >= 15 is 0 Å². The van der Waals surface area contributed by atoms with E-state index in [1.807, 2.05) is 41.2 Å². The Balaban J connectivity index is 1.34. The highest BCUT2D eigenvalue weighted by Crippen LogP contribution is 2.29. The monoisotopic (exact) mass is 395 g/mol. The van der Waals surface area contributed by atoms with Crippen molar-refractivity contribution in [2.24, 2.45) is 0 Å². The van der Waals surface area contributed by atoms with Crippen LogP contribution in [0, 0.1) is 0 Å². The Morgan fingerprint density at radius 2 is 2.10 bits per heavy atom. The zero-order valence-corrected chi connectivity index (χ0v) is 16.5. The summed E-state index contributed by atoms with van der Waals surface area (Å²) in [6, 6.07) is 9.78. The Bertz CT molecular complexity index is 951. The van der Waals surface area contributed by atoms with Crippen LogP contribution in [0.1, 0.15) is 43.5 Å². The number of nitrogens with zero attached hydrogens (tertiary/aromatic N) is 5. The van der Waals surface area contributed by atoms with Gasteiger partial charge in [-0.1, -0.05) is 35.5 Å². The van der Waals surface area contributed by atoms with Crippen LogP contribution >= 0.6 is 0 Å². The molecule has 0 saturated carbocycles. The molecule has 1 aromatic carbocycles. The van der Waals surface area contributed by atoms with E-state index in [0.717, 1.165) is 17.5 Å². The van der Waals surface area contributed by atoms with Crippen molar-refractivity contribution in [2.45, 2.75) is 45.0 Å². The lowest BCUT2D eigenvalue weighted by atomic mass is 10.1. The van der Waals surface area contributed by atoms with Gasteiger partial charge in [-0.3, -0.25) is 10.00 Å². The van der Waals surface area contributed by atoms with E-state index in [1.54, 1.807) is 17.1 Å². The highest BCUT2D eigenvalue weighted by Gasteiger charge is 2.32. The standard InChI is InChI=1S/C20H25N7O2/c1-14(2)27-12-16(10-21-27)19-17(8-9-29-19)22-20(28)23-18-13-26(25-24-18)11-15-6-4-3-5-7-15/h3-7,10,12-14,17,19H,8-9,11H2,1-2H3,(H2,22,23,28)/t17-,19+/m1/s1. The fraction of sp³-hybridized carbons (Fsp3) is 0.400. The first-order valence-corrected chi connectivity index (χ1v) is 9.76. The van der Waals surface area contributed by atoms with Crippen molar-refractivity contribution >= 4 is 11.8 Å². The van der Waals surface area contributed by atoms with Crippen molar-refractivity contribution in [3.05, 3.63) is 60.0 Å². The Labute approximate surface area is 169 Å². The number of hydrogen-bond donors (Lipinski definition) is 2. The maximum Gasteiger partial charge on any atom is 0.320 e. The van der Waals surface area contributed by atoms with Gasteiger partial charge in [-0.15, -0.1) is 5.10 Å². The second-order valence-electron chi connectivity index (χ2n) is 7.42. The Hall–Kier alpha value is -3.20. The van der Waals surface area contributed by atoms with E-state index in [0.29, 0.717) is 19.0 Å². The number of nitrogens with one attached hydrogen (secondary N) is 2. The van der Waals surface area contributed by atoms with Gasteiger partial charge >= 0.3 is 6.03 Å². The van der Waals surface area contributed by atoms with Gasteiger partial charge in [0.2, 0.25) is 0 Å². The average molecular weight is 395 g/mol. The first kappa shape index (κ1) is 19.1. The molecule has 2 N–H and O–H groups in total. The summed E-state index contributed by atoms with van der Waals surface area (Å²) in [5, 5.41) is 18.2. The minimum Gasteiger partial charge on any atom is -0.371 e. The molecule has 3 heterocycles. The first-order chi connectivity index (χ1) is 14.1. The summed E-state index contributed by atoms with van der Waals surface area (Å²) in [7, 11) is 0. The van der Waals surface area contributed by atoms with Crippen LogP contribution in [0.25, 0.3) is 0 Å². The molecule has 0 aliphatic carbocycles. The summed E-state index contributed by atoms with van der Waals surface area (Å²) in [4.78, 5) is 12.5. The van der Waals surface area contributed by atoms with Crippen LogP contribution in [0.2, 0.25) is 0 Å². The molecular weight excluding hydrogens is 370 g/mol. The van der Waals surface area contributed by atoms with Gasteiger partial charge in [0, 0.05) is 24.4 Å². The molecule has 0 unspecified atom stereocenters. The third-order valence-corrected chi connectivity index (χ3v) is 4.85. The molecule has 2 amide bonds. The number of carbonyl (C=O) groups is 1. The first-order valence-electron chi connectivity index (χ1n) is 9.76. The average Bonchev–Trinajstić information content (AvgIpc) is 3.43. The number of benzene rings is 1. The molecule has 2 aromatic heterocycles. The fourth-order valence-corrected chi connectivity index (χ4v) is 3.37. The van der Waals surface area contributed by atoms with E-state index in [1.165, 1.54) is 0 Å². The van der Waals surface area contributed by atoms with E-state index in [9.17, 15) is 4.79 Å². The van der Waals surface area contributed by atoms with Gasteiger partial charge in [-0.05, 0) is 25.8 Å². The highest BCUT2D eigenvalue weighted by molar-refractivity contribution is 5.88. The number of rotatable bonds is 6. The van der Waals surface area contributed by atoms with Crippen LogP contribution in [0.3, 0.4) is 0 Å². The molecule has 2 atom stereocenters. The van der Waals surface area contributed by atoms with Crippen LogP contribution in [-0.4, -0.2) is 43.5 Å². The number of hydrogen-bond acceptors (Lipinski definition) is 5. The molecule has 152 valence electrons. The van der Waals surface area contributed by atoms with Crippen molar-refractivity contribution in [1.82, 2.24) is 30.1 Å². The second kappa shape index (κ2) is 8.44. The van der Waals surface area contributed by atoms with Gasteiger partial charge in [0.05, 0.1) is 25.0 Å². The smallest absolute Gasteiger partial charge is 0.320 e. The second-order valence-corrected chi connectivity index (χ2v) is 7.42. The quantitative estimate of drug-likeness (QED) is 0.669. The Morgan fingerprint density at radius 1 is 1.28 bits per heavy atom. The lowest BCUT2D eigenvalue weighted by Gasteiger charge is -2.18. The third kappa shape index (κ3) is 4.62. The molecule has 0 spiro atoms.